The molecule has 0 atom stereocenters. The molecule has 1 N–H and O–H groups in total. The molecule has 1 heterocycles. The van der Waals surface area contributed by atoms with E-state index in [-0.39, 0.29) is 11.9 Å². The van der Waals surface area contributed by atoms with Gasteiger partial charge in [0.25, 0.3) is 0 Å². The van der Waals surface area contributed by atoms with Gasteiger partial charge in [-0.1, -0.05) is 11.6 Å². The first kappa shape index (κ1) is 10.7. The first-order valence-corrected chi connectivity index (χ1v) is 5.45. The van der Waals surface area contributed by atoms with Gasteiger partial charge in [-0.15, -0.1) is 0 Å². The van der Waals surface area contributed by atoms with Crippen molar-refractivity contribution >= 4 is 11.6 Å². The minimum atomic E-state index is -0.355. The smallest absolute Gasteiger partial charge is 0.128 e. The molecule has 1 fully saturated rings. The topological polar surface area (TPSA) is 21.3 Å². The lowest BCUT2D eigenvalue weighted by molar-refractivity contribution is 0.162. The van der Waals surface area contributed by atoms with Crippen molar-refractivity contribution < 1.29 is 9.13 Å². The third kappa shape index (κ3) is 3.08. The number of benzene rings is 1. The predicted molar refractivity (Wildman–Crippen MR) is 57.9 cm³/mol. The third-order valence-corrected chi connectivity index (χ3v) is 2.64. The van der Waals surface area contributed by atoms with Gasteiger partial charge in [-0.05, 0) is 38.1 Å². The summed E-state index contributed by atoms with van der Waals surface area (Å²) in [6.45, 7) is 1.90. The number of rotatable bonds is 2. The van der Waals surface area contributed by atoms with Crippen LogP contribution < -0.4 is 10.1 Å². The number of halogens is 2. The van der Waals surface area contributed by atoms with Crippen molar-refractivity contribution in [3.05, 3.63) is 29.0 Å². The fourth-order valence-electron chi connectivity index (χ4n) is 1.70. The van der Waals surface area contributed by atoms with Crippen molar-refractivity contribution in [2.75, 3.05) is 13.1 Å². The quantitative estimate of drug-likeness (QED) is 0.842. The summed E-state index contributed by atoms with van der Waals surface area (Å²) in [6, 6.07) is 4.29. The van der Waals surface area contributed by atoms with Gasteiger partial charge in [-0.2, -0.15) is 0 Å². The first-order valence-electron chi connectivity index (χ1n) is 5.07. The molecule has 2 rings (SSSR count). The molecule has 0 aliphatic carbocycles. The second-order valence-corrected chi connectivity index (χ2v) is 4.11. The van der Waals surface area contributed by atoms with Crippen LogP contribution in [0.4, 0.5) is 4.39 Å². The van der Waals surface area contributed by atoms with Crippen molar-refractivity contribution in [1.29, 1.82) is 0 Å². The summed E-state index contributed by atoms with van der Waals surface area (Å²) in [5, 5.41) is 3.62. The molecule has 1 saturated heterocycles. The minimum Gasteiger partial charge on any atom is -0.490 e. The zero-order valence-corrected chi connectivity index (χ0v) is 9.06. The highest BCUT2D eigenvalue weighted by molar-refractivity contribution is 6.30. The van der Waals surface area contributed by atoms with Crippen molar-refractivity contribution in [3.8, 4) is 5.75 Å². The summed E-state index contributed by atoms with van der Waals surface area (Å²) < 4.78 is 18.7. The van der Waals surface area contributed by atoms with Gasteiger partial charge >= 0.3 is 0 Å². The summed E-state index contributed by atoms with van der Waals surface area (Å²) in [6.07, 6.45) is 2.08. The van der Waals surface area contributed by atoms with Crippen molar-refractivity contribution in [3.63, 3.8) is 0 Å². The number of ether oxygens (including phenoxy) is 1. The van der Waals surface area contributed by atoms with Crippen LogP contribution in [-0.2, 0) is 0 Å². The Hall–Kier alpha value is -0.800. The summed E-state index contributed by atoms with van der Waals surface area (Å²) >= 11 is 5.74. The van der Waals surface area contributed by atoms with E-state index in [1.54, 1.807) is 6.07 Å². The van der Waals surface area contributed by atoms with Crippen LogP contribution in [-0.4, -0.2) is 19.2 Å². The maximum absolute atomic E-state index is 13.0. The Bertz CT molecular complexity index is 319. The Labute approximate surface area is 93.4 Å². The second-order valence-electron chi connectivity index (χ2n) is 3.67. The Morgan fingerprint density at radius 3 is 2.67 bits per heavy atom. The summed E-state index contributed by atoms with van der Waals surface area (Å²) in [7, 11) is 0. The van der Waals surface area contributed by atoms with Crippen LogP contribution in [0.5, 0.6) is 5.75 Å². The van der Waals surface area contributed by atoms with Crippen LogP contribution in [0, 0.1) is 5.82 Å². The number of piperidine rings is 1. The molecule has 0 spiro atoms. The molecule has 4 heteroatoms. The fraction of sp³-hybridized carbons (Fsp3) is 0.455. The van der Waals surface area contributed by atoms with Gasteiger partial charge in [-0.25, -0.2) is 4.39 Å². The highest BCUT2D eigenvalue weighted by Gasteiger charge is 2.14. The standard InChI is InChI=1S/C11H13ClFNO/c12-8-5-9(13)7-11(6-8)15-10-1-3-14-4-2-10/h5-7,10,14H,1-4H2. The van der Waals surface area contributed by atoms with Gasteiger partial charge in [0.15, 0.2) is 0 Å². The van der Waals surface area contributed by atoms with Crippen LogP contribution in [0.15, 0.2) is 18.2 Å². The van der Waals surface area contributed by atoms with E-state index in [0.29, 0.717) is 10.8 Å². The number of nitrogens with one attached hydrogen (secondary N) is 1. The Morgan fingerprint density at radius 1 is 1.27 bits per heavy atom. The fourth-order valence-corrected chi connectivity index (χ4v) is 1.91. The number of hydrogen-bond acceptors (Lipinski definition) is 2. The largest absolute Gasteiger partial charge is 0.490 e. The van der Waals surface area contributed by atoms with Gasteiger partial charge in [0.05, 0.1) is 0 Å². The molecule has 0 unspecified atom stereocenters. The maximum atomic E-state index is 13.0. The van der Waals surface area contributed by atoms with Gasteiger partial charge < -0.3 is 10.1 Å². The average molecular weight is 230 g/mol. The molecular formula is C11H13ClFNO. The molecule has 0 bridgehead atoms. The van der Waals surface area contributed by atoms with E-state index in [0.717, 1.165) is 25.9 Å². The van der Waals surface area contributed by atoms with Gasteiger partial charge in [0, 0.05) is 11.1 Å². The lowest BCUT2D eigenvalue weighted by Gasteiger charge is -2.23. The molecule has 82 valence electrons. The Kier molecular flexibility index (Phi) is 3.44. The van der Waals surface area contributed by atoms with Crippen molar-refractivity contribution in [1.82, 2.24) is 5.32 Å². The molecule has 0 aromatic heterocycles. The zero-order chi connectivity index (χ0) is 10.7. The lowest BCUT2D eigenvalue weighted by atomic mass is 10.1. The predicted octanol–water partition coefficient (Wildman–Crippen LogP) is 2.61. The molecule has 1 aromatic rings. The normalized spacial score (nSPS) is 17.7. The third-order valence-electron chi connectivity index (χ3n) is 2.42. The SMILES string of the molecule is Fc1cc(Cl)cc(OC2CCNCC2)c1. The molecule has 1 aromatic carbocycles. The molecule has 0 saturated carbocycles. The van der Waals surface area contributed by atoms with Gasteiger partial charge in [0.2, 0.25) is 0 Å². The minimum absolute atomic E-state index is 0.170. The second kappa shape index (κ2) is 4.81. The molecular weight excluding hydrogens is 217 g/mol. The summed E-state index contributed by atoms with van der Waals surface area (Å²) in [4.78, 5) is 0. The highest BCUT2D eigenvalue weighted by atomic mass is 35.5. The summed E-state index contributed by atoms with van der Waals surface area (Å²) in [5.74, 6) is 0.165. The van der Waals surface area contributed by atoms with E-state index in [1.165, 1.54) is 12.1 Å². The lowest BCUT2D eigenvalue weighted by Crippen LogP contribution is -2.34. The monoisotopic (exact) mass is 229 g/mol. The van der Waals surface area contributed by atoms with Crippen molar-refractivity contribution in [2.24, 2.45) is 0 Å². The van der Waals surface area contributed by atoms with E-state index in [1.807, 2.05) is 0 Å². The van der Waals surface area contributed by atoms with E-state index in [9.17, 15) is 4.39 Å². The Morgan fingerprint density at radius 2 is 2.00 bits per heavy atom. The van der Waals surface area contributed by atoms with E-state index in [4.69, 9.17) is 16.3 Å². The summed E-state index contributed by atoms with van der Waals surface area (Å²) in [5.41, 5.74) is 0. The van der Waals surface area contributed by atoms with Crippen LogP contribution in [0.1, 0.15) is 12.8 Å². The highest BCUT2D eigenvalue weighted by Crippen LogP contribution is 2.22. The average Bonchev–Trinajstić information content (AvgIpc) is 2.17. The molecule has 0 radical (unpaired) electrons. The van der Waals surface area contributed by atoms with Crippen LogP contribution in [0.3, 0.4) is 0 Å². The van der Waals surface area contributed by atoms with Crippen molar-refractivity contribution in [2.45, 2.75) is 18.9 Å². The van der Waals surface area contributed by atoms with Gasteiger partial charge in [0.1, 0.15) is 17.7 Å². The van der Waals surface area contributed by atoms with Crippen LogP contribution >= 0.6 is 11.6 Å². The molecule has 0 amide bonds. The maximum Gasteiger partial charge on any atom is 0.128 e. The van der Waals surface area contributed by atoms with Gasteiger partial charge in [-0.3, -0.25) is 0 Å². The van der Waals surface area contributed by atoms with E-state index < -0.39 is 0 Å². The molecule has 2 nitrogen and oxygen atoms in total. The van der Waals surface area contributed by atoms with E-state index >= 15 is 0 Å². The molecule has 1 aliphatic heterocycles. The molecule has 15 heavy (non-hydrogen) atoms. The number of hydrogen-bond donors (Lipinski definition) is 1. The Balaban J connectivity index is 2.02. The van der Waals surface area contributed by atoms with Crippen LogP contribution in [0.2, 0.25) is 5.02 Å². The molecule has 1 aliphatic rings. The van der Waals surface area contributed by atoms with Crippen LogP contribution in [0.25, 0.3) is 0 Å². The zero-order valence-electron chi connectivity index (χ0n) is 8.30. The first-order chi connectivity index (χ1) is 7.24. The van der Waals surface area contributed by atoms with E-state index in [2.05, 4.69) is 5.32 Å².